The van der Waals surface area contributed by atoms with Crippen LogP contribution in [0.15, 0.2) is 59.5 Å². The summed E-state index contributed by atoms with van der Waals surface area (Å²) in [4.78, 5) is 16.2. The highest BCUT2D eigenvalue weighted by Crippen LogP contribution is 2.51. The SMILES string of the molecule is O=C(NS(=O)(=O)c1cccc2ccccc12)C1(c2ccc(C(F)(F)F)nc2Cl)CC1. The Hall–Kier alpha value is -2.65. The number of benzene rings is 2. The van der Waals surface area contributed by atoms with Crippen molar-refractivity contribution in [2.75, 3.05) is 0 Å². The number of pyridine rings is 1. The van der Waals surface area contributed by atoms with Gasteiger partial charge in [0.25, 0.3) is 10.0 Å². The van der Waals surface area contributed by atoms with Gasteiger partial charge in [0, 0.05) is 10.9 Å². The van der Waals surface area contributed by atoms with E-state index in [1.165, 1.54) is 6.07 Å². The van der Waals surface area contributed by atoms with Crippen molar-refractivity contribution < 1.29 is 26.4 Å². The van der Waals surface area contributed by atoms with Gasteiger partial charge in [-0.1, -0.05) is 54.1 Å². The Bertz CT molecular complexity index is 1270. The fraction of sp³-hybridized carbons (Fsp3) is 0.200. The molecule has 1 amide bonds. The zero-order chi connectivity index (χ0) is 21.7. The largest absolute Gasteiger partial charge is 0.433 e. The first-order valence-electron chi connectivity index (χ1n) is 8.84. The van der Waals surface area contributed by atoms with Crippen LogP contribution in [-0.2, 0) is 26.4 Å². The van der Waals surface area contributed by atoms with Crippen LogP contribution in [0.1, 0.15) is 24.1 Å². The number of aromatic nitrogens is 1. The normalized spacial score (nSPS) is 15.7. The lowest BCUT2D eigenvalue weighted by molar-refractivity contribution is -0.141. The van der Waals surface area contributed by atoms with Crippen LogP contribution in [0, 0.1) is 0 Å². The van der Waals surface area contributed by atoms with Gasteiger partial charge in [0.1, 0.15) is 10.8 Å². The van der Waals surface area contributed by atoms with Gasteiger partial charge in [-0.25, -0.2) is 18.1 Å². The molecule has 0 aliphatic heterocycles. The first kappa shape index (κ1) is 20.6. The molecule has 1 saturated carbocycles. The Labute approximate surface area is 174 Å². The quantitative estimate of drug-likeness (QED) is 0.591. The molecule has 1 fully saturated rings. The van der Waals surface area contributed by atoms with Crippen molar-refractivity contribution in [2.45, 2.75) is 29.3 Å². The van der Waals surface area contributed by atoms with Gasteiger partial charge in [-0.2, -0.15) is 13.2 Å². The maximum atomic E-state index is 12.9. The second-order valence-electron chi connectivity index (χ2n) is 7.03. The molecule has 1 aliphatic carbocycles. The molecule has 4 rings (SSSR count). The van der Waals surface area contributed by atoms with E-state index in [4.69, 9.17) is 11.6 Å². The lowest BCUT2D eigenvalue weighted by Crippen LogP contribution is -2.39. The molecule has 0 radical (unpaired) electrons. The smallest absolute Gasteiger partial charge is 0.273 e. The van der Waals surface area contributed by atoms with E-state index in [2.05, 4.69) is 9.71 Å². The monoisotopic (exact) mass is 454 g/mol. The first-order chi connectivity index (χ1) is 14.0. The van der Waals surface area contributed by atoms with Gasteiger partial charge < -0.3 is 0 Å². The minimum Gasteiger partial charge on any atom is -0.273 e. The molecule has 1 heterocycles. The minimum absolute atomic E-state index is 0.0682. The number of carbonyl (C=O) groups excluding carboxylic acids is 1. The van der Waals surface area contributed by atoms with Gasteiger partial charge in [0.05, 0.1) is 10.3 Å². The minimum atomic E-state index is -4.68. The van der Waals surface area contributed by atoms with Crippen molar-refractivity contribution >= 4 is 38.3 Å². The number of halogens is 4. The summed E-state index contributed by atoms with van der Waals surface area (Å²) in [5.74, 6) is -0.848. The highest BCUT2D eigenvalue weighted by Gasteiger charge is 2.54. The van der Waals surface area contributed by atoms with Crippen LogP contribution in [0.5, 0.6) is 0 Å². The highest BCUT2D eigenvalue weighted by molar-refractivity contribution is 7.90. The fourth-order valence-corrected chi connectivity index (χ4v) is 5.02. The van der Waals surface area contributed by atoms with Crippen LogP contribution < -0.4 is 4.72 Å². The first-order valence-corrected chi connectivity index (χ1v) is 10.7. The molecule has 3 aromatic rings. The molecular formula is C20H14ClF3N2O3S. The van der Waals surface area contributed by atoms with E-state index < -0.39 is 38.4 Å². The van der Waals surface area contributed by atoms with E-state index in [0.717, 1.165) is 12.1 Å². The van der Waals surface area contributed by atoms with Gasteiger partial charge in [-0.15, -0.1) is 0 Å². The molecule has 0 atom stereocenters. The summed E-state index contributed by atoms with van der Waals surface area (Å²) in [7, 11) is -4.22. The number of carbonyl (C=O) groups is 1. The molecule has 1 aromatic heterocycles. The third kappa shape index (κ3) is 3.52. The van der Waals surface area contributed by atoms with Crippen LogP contribution in [0.25, 0.3) is 10.8 Å². The van der Waals surface area contributed by atoms with Gasteiger partial charge >= 0.3 is 6.18 Å². The van der Waals surface area contributed by atoms with Crippen molar-refractivity contribution in [1.82, 2.24) is 9.71 Å². The number of sulfonamides is 1. The second kappa shape index (κ2) is 6.95. The van der Waals surface area contributed by atoms with Crippen molar-refractivity contribution in [2.24, 2.45) is 0 Å². The molecule has 2 aromatic carbocycles. The maximum Gasteiger partial charge on any atom is 0.433 e. The van der Waals surface area contributed by atoms with Gasteiger partial charge in [0.2, 0.25) is 5.91 Å². The third-order valence-corrected chi connectivity index (χ3v) is 6.78. The Kier molecular flexibility index (Phi) is 4.78. The standard InChI is InChI=1S/C20H14ClF3N2O3S/c21-17-14(8-9-16(25-17)20(22,23)24)19(10-11-19)18(27)26-30(28,29)15-7-3-5-12-4-1-2-6-13(12)15/h1-9H,10-11H2,(H,26,27). The van der Waals surface area contributed by atoms with E-state index in [1.54, 1.807) is 36.4 Å². The summed E-state index contributed by atoms with van der Waals surface area (Å²) >= 11 is 5.93. The second-order valence-corrected chi connectivity index (χ2v) is 9.04. The Morgan fingerprint density at radius 1 is 1.03 bits per heavy atom. The van der Waals surface area contributed by atoms with E-state index in [1.807, 2.05) is 0 Å². The number of fused-ring (bicyclic) bond motifs is 1. The summed E-state index contributed by atoms with van der Waals surface area (Å²) in [6.07, 6.45) is -4.19. The van der Waals surface area contributed by atoms with Gasteiger partial charge in [-0.05, 0) is 30.4 Å². The molecule has 0 spiro atoms. The zero-order valence-electron chi connectivity index (χ0n) is 15.2. The number of rotatable bonds is 4. The molecule has 1 aliphatic rings. The fourth-order valence-electron chi connectivity index (χ4n) is 3.40. The van der Waals surface area contributed by atoms with Gasteiger partial charge in [-0.3, -0.25) is 4.79 Å². The topological polar surface area (TPSA) is 76.1 Å². The summed E-state index contributed by atoms with van der Waals surface area (Å²) in [5.41, 5.74) is -2.44. The number of alkyl halides is 3. The highest BCUT2D eigenvalue weighted by atomic mass is 35.5. The van der Waals surface area contributed by atoms with Crippen LogP contribution >= 0.6 is 11.6 Å². The van der Waals surface area contributed by atoms with E-state index in [9.17, 15) is 26.4 Å². The molecule has 5 nitrogen and oxygen atoms in total. The van der Waals surface area contributed by atoms with Gasteiger partial charge in [0.15, 0.2) is 0 Å². The van der Waals surface area contributed by atoms with E-state index >= 15 is 0 Å². The Balaban J connectivity index is 1.67. The van der Waals surface area contributed by atoms with Crippen LogP contribution in [0.4, 0.5) is 13.2 Å². The zero-order valence-corrected chi connectivity index (χ0v) is 16.8. The molecule has 30 heavy (non-hydrogen) atoms. The average Bonchev–Trinajstić information content (AvgIpc) is 3.48. The molecule has 0 saturated heterocycles. The molecule has 0 unspecified atom stereocenters. The van der Waals surface area contributed by atoms with E-state index in [-0.39, 0.29) is 23.3 Å². The van der Waals surface area contributed by atoms with Crippen molar-refractivity contribution in [3.8, 4) is 0 Å². The predicted octanol–water partition coefficient (Wildman–Crippen LogP) is 4.44. The van der Waals surface area contributed by atoms with Crippen molar-refractivity contribution in [3.05, 3.63) is 71.0 Å². The summed E-state index contributed by atoms with van der Waals surface area (Å²) in [5, 5.41) is 0.656. The number of hydrogen-bond acceptors (Lipinski definition) is 4. The summed E-state index contributed by atoms with van der Waals surface area (Å²) < 4.78 is 66.4. The summed E-state index contributed by atoms with van der Waals surface area (Å²) in [6, 6.07) is 13.3. The Morgan fingerprint density at radius 2 is 1.70 bits per heavy atom. The van der Waals surface area contributed by atoms with Crippen molar-refractivity contribution in [3.63, 3.8) is 0 Å². The Morgan fingerprint density at radius 3 is 2.33 bits per heavy atom. The number of hydrogen-bond donors (Lipinski definition) is 1. The van der Waals surface area contributed by atoms with Crippen LogP contribution in [-0.4, -0.2) is 19.3 Å². The van der Waals surface area contributed by atoms with Crippen LogP contribution in [0.3, 0.4) is 0 Å². The number of nitrogens with zero attached hydrogens (tertiary/aromatic N) is 1. The third-order valence-electron chi connectivity index (χ3n) is 5.11. The van der Waals surface area contributed by atoms with Crippen molar-refractivity contribution in [1.29, 1.82) is 0 Å². The lowest BCUT2D eigenvalue weighted by Gasteiger charge is -2.18. The predicted molar refractivity (Wildman–Crippen MR) is 104 cm³/mol. The number of nitrogens with one attached hydrogen (secondary N) is 1. The molecule has 10 heteroatoms. The number of amides is 1. The molecule has 1 N–H and O–H groups in total. The average molecular weight is 455 g/mol. The summed E-state index contributed by atoms with van der Waals surface area (Å²) in [6.45, 7) is 0. The van der Waals surface area contributed by atoms with E-state index in [0.29, 0.717) is 10.8 Å². The maximum absolute atomic E-state index is 12.9. The molecular weight excluding hydrogens is 441 g/mol. The molecule has 0 bridgehead atoms. The lowest BCUT2D eigenvalue weighted by atomic mass is 9.97. The molecule has 156 valence electrons. The van der Waals surface area contributed by atoms with Crippen LogP contribution in [0.2, 0.25) is 5.15 Å².